The molecule has 0 saturated carbocycles. The molecule has 0 aliphatic rings. The van der Waals surface area contributed by atoms with Crippen LogP contribution in [-0.2, 0) is 34.1 Å². The van der Waals surface area contributed by atoms with E-state index in [0.29, 0.717) is 0 Å². The molecule has 0 amide bonds. The summed E-state index contributed by atoms with van der Waals surface area (Å²) in [6.45, 7) is 0. The van der Waals surface area contributed by atoms with Crippen LogP contribution in [0.1, 0.15) is 0 Å². The molecule has 0 bridgehead atoms. The molecule has 0 aromatic carbocycles. The van der Waals surface area contributed by atoms with Gasteiger partial charge in [0.05, 0.1) is 0 Å². The van der Waals surface area contributed by atoms with Crippen LogP contribution in [0.3, 0.4) is 0 Å². The molecule has 0 nitrogen and oxygen atoms in total. The van der Waals surface area contributed by atoms with Crippen molar-refractivity contribution in [2.45, 2.75) is 0 Å². The van der Waals surface area contributed by atoms with E-state index in [4.69, 9.17) is 0 Å². The molecule has 0 fully saturated rings. The average Bonchev–Trinajstić information content (AvgIpc) is 0. The summed E-state index contributed by atoms with van der Waals surface area (Å²) in [4.78, 5) is 0. The van der Waals surface area contributed by atoms with Crippen LogP contribution in [0.15, 0.2) is 0 Å². The van der Waals surface area contributed by atoms with Crippen molar-refractivity contribution >= 4 is 34.7 Å². The Morgan fingerprint density at radius 2 is 0.500 bits per heavy atom. The van der Waals surface area contributed by atoms with Gasteiger partial charge in [-0.25, -0.2) is 0 Å². The molecule has 0 spiro atoms. The van der Waals surface area contributed by atoms with Gasteiger partial charge in [-0.3, -0.25) is 0 Å². The second-order valence-electron chi connectivity index (χ2n) is 0. The first-order valence-electron chi connectivity index (χ1n) is 0. The van der Waals surface area contributed by atoms with Gasteiger partial charge in [0, 0.05) is 68.9 Å². The van der Waals surface area contributed by atoms with E-state index < -0.39 is 0 Å². The fourth-order valence-electron chi connectivity index (χ4n) is 0. The fraction of sp³-hybridized carbons (Fsp3) is 0. The predicted octanol–water partition coefficient (Wildman–Crippen LogP) is -0.767. The first kappa shape index (κ1) is 35.9. The Balaban J connectivity index is 0. The molecule has 4 heavy (non-hydrogen) atoms. The zero-order chi connectivity index (χ0) is 0. The molecule has 0 atom stereocenters. The fourth-order valence-corrected chi connectivity index (χ4v) is 0. The van der Waals surface area contributed by atoms with E-state index in [-0.39, 0.29) is 68.9 Å². The summed E-state index contributed by atoms with van der Waals surface area (Å²) >= 11 is 0. The van der Waals surface area contributed by atoms with Crippen molar-refractivity contribution in [2.24, 2.45) is 0 Å². The minimum Gasteiger partial charge on any atom is 0 e. The summed E-state index contributed by atoms with van der Waals surface area (Å²) in [5.41, 5.74) is 0. The summed E-state index contributed by atoms with van der Waals surface area (Å²) in [7, 11) is 0. The molecule has 0 unspecified atom stereocenters. The molecule has 0 saturated heterocycles. The third-order valence-electron chi connectivity index (χ3n) is 0. The maximum Gasteiger partial charge on any atom is 0 e. The van der Waals surface area contributed by atoms with Crippen molar-refractivity contribution < 1.29 is 34.1 Å². The summed E-state index contributed by atoms with van der Waals surface area (Å²) in [5.74, 6) is 0. The van der Waals surface area contributed by atoms with Crippen molar-refractivity contribution in [3.8, 4) is 0 Å². The summed E-state index contributed by atoms with van der Waals surface area (Å²) in [5, 5.41) is 0. The van der Waals surface area contributed by atoms with Crippen LogP contribution in [0.4, 0.5) is 0 Å². The van der Waals surface area contributed by atoms with Crippen molar-refractivity contribution in [3.63, 3.8) is 0 Å². The molecule has 0 aromatic heterocycles. The van der Waals surface area contributed by atoms with Crippen LogP contribution in [0.25, 0.3) is 0 Å². The van der Waals surface area contributed by atoms with Crippen molar-refractivity contribution in [3.05, 3.63) is 0 Å². The molecule has 0 aliphatic carbocycles. The molecule has 6 radical (unpaired) electrons. The maximum absolute atomic E-state index is 0. The minimum absolute atomic E-state index is 0. The van der Waals surface area contributed by atoms with Crippen LogP contribution in [0.2, 0.25) is 0 Å². The predicted molar refractivity (Wildman–Crippen MR) is 11.5 cm³/mol. The first-order valence-corrected chi connectivity index (χ1v) is 0. The maximum atomic E-state index is 0. The molecule has 0 aromatic rings. The van der Waals surface area contributed by atoms with E-state index in [1.54, 1.807) is 0 Å². The molecule has 0 aliphatic heterocycles. The van der Waals surface area contributed by atoms with Gasteiger partial charge >= 0.3 is 0 Å². The van der Waals surface area contributed by atoms with Crippen LogP contribution in [0, 0.1) is 0 Å². The van der Waals surface area contributed by atoms with Crippen LogP contribution in [0.5, 0.6) is 0 Å². The monoisotopic (exact) mass is 166 g/mol. The summed E-state index contributed by atoms with van der Waals surface area (Å²) < 4.78 is 0. The Hall–Kier alpha value is 2.10. The molecule has 0 N–H and O–H groups in total. The third-order valence-corrected chi connectivity index (χ3v) is 0. The molecular weight excluding hydrogens is 166 g/mol. The van der Waals surface area contributed by atoms with Crippen molar-refractivity contribution in [1.29, 1.82) is 0 Å². The summed E-state index contributed by atoms with van der Waals surface area (Å²) in [6, 6.07) is 0. The zero-order valence-electron chi connectivity index (χ0n) is 1.86. The topological polar surface area (TPSA) is 0 Å². The van der Waals surface area contributed by atoms with E-state index in [2.05, 4.69) is 0 Å². The second kappa shape index (κ2) is 19.4. The summed E-state index contributed by atoms with van der Waals surface area (Å²) in [6.07, 6.45) is 0. The Labute approximate surface area is 68.3 Å². The van der Waals surface area contributed by atoms with Gasteiger partial charge in [-0.1, -0.05) is 0 Å². The van der Waals surface area contributed by atoms with Crippen LogP contribution in [-0.4, -0.2) is 34.7 Å². The van der Waals surface area contributed by atoms with Gasteiger partial charge in [-0.05, 0) is 0 Å². The SMILES string of the molecule is [Al].[Al].[Fe].[Fe]. The van der Waals surface area contributed by atoms with Crippen molar-refractivity contribution in [2.75, 3.05) is 0 Å². The van der Waals surface area contributed by atoms with Gasteiger partial charge in [-0.15, -0.1) is 0 Å². The smallest absolute Gasteiger partial charge is 0 e. The molecular formula is Al2Fe2. The van der Waals surface area contributed by atoms with Gasteiger partial charge in [0.25, 0.3) is 0 Å². The molecule has 22 valence electrons. The van der Waals surface area contributed by atoms with E-state index in [0.717, 1.165) is 0 Å². The molecule has 0 rings (SSSR count). The van der Waals surface area contributed by atoms with E-state index in [1.165, 1.54) is 0 Å². The van der Waals surface area contributed by atoms with Gasteiger partial charge in [0.1, 0.15) is 0 Å². The van der Waals surface area contributed by atoms with Gasteiger partial charge in [0.15, 0.2) is 0 Å². The van der Waals surface area contributed by atoms with E-state index in [1.807, 2.05) is 0 Å². The Kier molecular flexibility index (Phi) is 174. The number of hydrogen-bond donors (Lipinski definition) is 0. The van der Waals surface area contributed by atoms with Gasteiger partial charge in [-0.2, -0.15) is 0 Å². The Morgan fingerprint density at radius 3 is 0.500 bits per heavy atom. The van der Waals surface area contributed by atoms with E-state index in [9.17, 15) is 0 Å². The quantitative estimate of drug-likeness (QED) is 0.414. The largest absolute Gasteiger partial charge is 0 e. The standard InChI is InChI=1S/2Al.2Fe. The first-order chi connectivity index (χ1) is 0. The second-order valence-corrected chi connectivity index (χ2v) is 0. The third kappa shape index (κ3) is 8.93. The van der Waals surface area contributed by atoms with Crippen LogP contribution < -0.4 is 0 Å². The average molecular weight is 166 g/mol. The Bertz CT molecular complexity index is 4.00. The molecule has 0 heterocycles. The Morgan fingerprint density at radius 1 is 0.500 bits per heavy atom. The minimum atomic E-state index is 0. The van der Waals surface area contributed by atoms with Gasteiger partial charge in [0.2, 0.25) is 0 Å². The van der Waals surface area contributed by atoms with E-state index >= 15 is 0 Å². The van der Waals surface area contributed by atoms with Crippen LogP contribution >= 0.6 is 0 Å². The number of rotatable bonds is 0. The molecule has 4 heteroatoms. The normalized spacial score (nSPS) is 0. The zero-order valence-corrected chi connectivity index (χ0v) is 6.38. The van der Waals surface area contributed by atoms with Gasteiger partial charge < -0.3 is 0 Å². The van der Waals surface area contributed by atoms with Crippen molar-refractivity contribution in [1.82, 2.24) is 0 Å². The number of hydrogen-bond acceptors (Lipinski definition) is 0.